The summed E-state index contributed by atoms with van der Waals surface area (Å²) in [4.78, 5) is 18.9. The fraction of sp³-hybridized carbons (Fsp3) is 0.714. The average Bonchev–Trinajstić information content (AvgIpc) is 2.93. The van der Waals surface area contributed by atoms with Crippen LogP contribution in [0.1, 0.15) is 43.5 Å². The monoisotopic (exact) mass is 265 g/mol. The standard InChI is InChI=1S/C14H23N3O2/c1-9-15-8-11(17-9)13(18)16-7-10-5-6-19-12(10)14(2,3)4/h8,10,12H,5-7H2,1-4H3,(H,15,17)(H,16,18)/t10-,12+/m1/s1. The van der Waals surface area contributed by atoms with Crippen molar-refractivity contribution in [2.24, 2.45) is 11.3 Å². The van der Waals surface area contributed by atoms with E-state index >= 15 is 0 Å². The molecule has 0 unspecified atom stereocenters. The van der Waals surface area contributed by atoms with Gasteiger partial charge in [-0.2, -0.15) is 0 Å². The van der Waals surface area contributed by atoms with Gasteiger partial charge in [-0.3, -0.25) is 4.79 Å². The molecule has 1 aliphatic heterocycles. The van der Waals surface area contributed by atoms with Crippen LogP contribution in [0.2, 0.25) is 0 Å². The molecule has 1 saturated heterocycles. The largest absolute Gasteiger partial charge is 0.377 e. The van der Waals surface area contributed by atoms with Crippen LogP contribution < -0.4 is 5.32 Å². The van der Waals surface area contributed by atoms with Crippen molar-refractivity contribution in [1.29, 1.82) is 0 Å². The second-order valence-electron chi connectivity index (χ2n) is 6.30. The molecule has 5 heteroatoms. The van der Waals surface area contributed by atoms with Crippen molar-refractivity contribution in [1.82, 2.24) is 15.3 Å². The summed E-state index contributed by atoms with van der Waals surface area (Å²) in [5, 5.41) is 2.97. The zero-order valence-corrected chi connectivity index (χ0v) is 12.1. The first kappa shape index (κ1) is 14.1. The molecule has 1 amide bonds. The first-order valence-corrected chi connectivity index (χ1v) is 6.79. The number of aryl methyl sites for hydroxylation is 1. The number of ether oxygens (including phenoxy) is 1. The number of rotatable bonds is 3. The van der Waals surface area contributed by atoms with E-state index in [1.807, 2.05) is 6.92 Å². The van der Waals surface area contributed by atoms with E-state index in [1.54, 1.807) is 6.20 Å². The van der Waals surface area contributed by atoms with Crippen molar-refractivity contribution < 1.29 is 9.53 Å². The maximum Gasteiger partial charge on any atom is 0.269 e. The van der Waals surface area contributed by atoms with Crippen LogP contribution in [-0.4, -0.2) is 35.1 Å². The summed E-state index contributed by atoms with van der Waals surface area (Å²) in [5.41, 5.74) is 0.625. The molecule has 19 heavy (non-hydrogen) atoms. The lowest BCUT2D eigenvalue weighted by molar-refractivity contribution is 0.00736. The molecule has 1 aromatic heterocycles. The molecule has 0 aliphatic carbocycles. The van der Waals surface area contributed by atoms with Gasteiger partial charge in [0, 0.05) is 19.1 Å². The van der Waals surface area contributed by atoms with Gasteiger partial charge in [0.2, 0.25) is 0 Å². The van der Waals surface area contributed by atoms with Crippen molar-refractivity contribution in [3.05, 3.63) is 17.7 Å². The molecule has 2 heterocycles. The Morgan fingerprint density at radius 2 is 2.32 bits per heavy atom. The third-order valence-electron chi connectivity index (χ3n) is 3.54. The highest BCUT2D eigenvalue weighted by atomic mass is 16.5. The number of carbonyl (C=O) groups is 1. The molecule has 1 aromatic rings. The van der Waals surface area contributed by atoms with Crippen molar-refractivity contribution in [3.8, 4) is 0 Å². The maximum atomic E-state index is 11.9. The SMILES string of the molecule is Cc1ncc(C(=O)NC[C@H]2CCO[C@@H]2C(C)(C)C)[nH]1. The van der Waals surface area contributed by atoms with Crippen LogP contribution in [0.3, 0.4) is 0 Å². The first-order chi connectivity index (χ1) is 8.88. The topological polar surface area (TPSA) is 67.0 Å². The second-order valence-corrected chi connectivity index (χ2v) is 6.30. The minimum Gasteiger partial charge on any atom is -0.377 e. The molecule has 0 radical (unpaired) electrons. The number of imidazole rings is 1. The van der Waals surface area contributed by atoms with Crippen LogP contribution in [0.4, 0.5) is 0 Å². The minimum atomic E-state index is -0.0971. The Bertz CT molecular complexity index is 448. The molecule has 0 saturated carbocycles. The van der Waals surface area contributed by atoms with E-state index in [4.69, 9.17) is 4.74 Å². The molecule has 0 spiro atoms. The van der Waals surface area contributed by atoms with Gasteiger partial charge in [0.25, 0.3) is 5.91 Å². The Kier molecular flexibility index (Phi) is 3.94. The number of aromatic nitrogens is 2. The van der Waals surface area contributed by atoms with Crippen molar-refractivity contribution in [2.75, 3.05) is 13.2 Å². The molecule has 1 fully saturated rings. The quantitative estimate of drug-likeness (QED) is 0.877. The van der Waals surface area contributed by atoms with Gasteiger partial charge in [-0.1, -0.05) is 20.8 Å². The summed E-state index contributed by atoms with van der Waals surface area (Å²) in [6, 6.07) is 0. The van der Waals surface area contributed by atoms with Crippen LogP contribution in [0.25, 0.3) is 0 Å². The third-order valence-corrected chi connectivity index (χ3v) is 3.54. The smallest absolute Gasteiger partial charge is 0.269 e. The lowest BCUT2D eigenvalue weighted by atomic mass is 9.81. The average molecular weight is 265 g/mol. The van der Waals surface area contributed by atoms with Gasteiger partial charge in [0.15, 0.2) is 0 Å². The molecule has 2 atom stereocenters. The molecular weight excluding hydrogens is 242 g/mol. The van der Waals surface area contributed by atoms with Gasteiger partial charge < -0.3 is 15.0 Å². The summed E-state index contributed by atoms with van der Waals surface area (Å²) < 4.78 is 5.80. The summed E-state index contributed by atoms with van der Waals surface area (Å²) in [6.07, 6.45) is 2.78. The van der Waals surface area contributed by atoms with Gasteiger partial charge >= 0.3 is 0 Å². The number of hydrogen-bond acceptors (Lipinski definition) is 3. The van der Waals surface area contributed by atoms with E-state index in [0.29, 0.717) is 18.2 Å². The van der Waals surface area contributed by atoms with Crippen molar-refractivity contribution in [2.45, 2.75) is 40.2 Å². The lowest BCUT2D eigenvalue weighted by Crippen LogP contribution is -2.38. The van der Waals surface area contributed by atoms with Gasteiger partial charge in [-0.25, -0.2) is 4.98 Å². The number of nitrogens with zero attached hydrogens (tertiary/aromatic N) is 1. The van der Waals surface area contributed by atoms with Crippen LogP contribution in [0, 0.1) is 18.3 Å². The number of aromatic amines is 1. The number of amides is 1. The minimum absolute atomic E-state index is 0.0971. The fourth-order valence-electron chi connectivity index (χ4n) is 2.66. The van der Waals surface area contributed by atoms with E-state index in [2.05, 4.69) is 36.1 Å². The number of carbonyl (C=O) groups excluding carboxylic acids is 1. The molecule has 106 valence electrons. The number of nitrogens with one attached hydrogen (secondary N) is 2. The van der Waals surface area contributed by atoms with Crippen LogP contribution in [0.15, 0.2) is 6.20 Å². The Labute approximate surface area is 114 Å². The highest BCUT2D eigenvalue weighted by Gasteiger charge is 2.37. The van der Waals surface area contributed by atoms with Crippen LogP contribution >= 0.6 is 0 Å². The normalized spacial score (nSPS) is 23.6. The molecular formula is C14H23N3O2. The van der Waals surface area contributed by atoms with Crippen molar-refractivity contribution >= 4 is 5.91 Å². The summed E-state index contributed by atoms with van der Waals surface area (Å²) in [5.74, 6) is 1.04. The predicted octanol–water partition coefficient (Wildman–Crippen LogP) is 1.90. The van der Waals surface area contributed by atoms with E-state index in [0.717, 1.165) is 18.9 Å². The first-order valence-electron chi connectivity index (χ1n) is 6.79. The van der Waals surface area contributed by atoms with Gasteiger partial charge in [0.1, 0.15) is 11.5 Å². The molecule has 1 aliphatic rings. The van der Waals surface area contributed by atoms with Gasteiger partial charge in [-0.15, -0.1) is 0 Å². The zero-order chi connectivity index (χ0) is 14.0. The molecule has 2 N–H and O–H groups in total. The number of hydrogen-bond donors (Lipinski definition) is 2. The zero-order valence-electron chi connectivity index (χ0n) is 12.1. The molecule has 5 nitrogen and oxygen atoms in total. The Hall–Kier alpha value is -1.36. The van der Waals surface area contributed by atoms with E-state index in [-0.39, 0.29) is 17.4 Å². The van der Waals surface area contributed by atoms with E-state index in [9.17, 15) is 4.79 Å². The van der Waals surface area contributed by atoms with Gasteiger partial charge in [-0.05, 0) is 18.8 Å². The Morgan fingerprint density at radius 1 is 1.58 bits per heavy atom. The van der Waals surface area contributed by atoms with Crippen LogP contribution in [0.5, 0.6) is 0 Å². The summed E-state index contributed by atoms with van der Waals surface area (Å²) >= 11 is 0. The third kappa shape index (κ3) is 3.35. The molecule has 0 aromatic carbocycles. The highest BCUT2D eigenvalue weighted by Crippen LogP contribution is 2.34. The number of H-pyrrole nitrogens is 1. The molecule has 0 bridgehead atoms. The predicted molar refractivity (Wildman–Crippen MR) is 73.0 cm³/mol. The lowest BCUT2D eigenvalue weighted by Gasteiger charge is -2.31. The Morgan fingerprint density at radius 3 is 2.89 bits per heavy atom. The van der Waals surface area contributed by atoms with Crippen LogP contribution in [-0.2, 0) is 4.74 Å². The summed E-state index contributed by atoms with van der Waals surface area (Å²) in [7, 11) is 0. The summed E-state index contributed by atoms with van der Waals surface area (Å²) in [6.45, 7) is 9.80. The van der Waals surface area contributed by atoms with Gasteiger partial charge in [0.05, 0.1) is 12.3 Å². The molecule has 2 rings (SSSR count). The second kappa shape index (κ2) is 5.33. The van der Waals surface area contributed by atoms with E-state index < -0.39 is 0 Å². The highest BCUT2D eigenvalue weighted by molar-refractivity contribution is 5.92. The van der Waals surface area contributed by atoms with E-state index in [1.165, 1.54) is 0 Å². The maximum absolute atomic E-state index is 11.9. The van der Waals surface area contributed by atoms with Crippen molar-refractivity contribution in [3.63, 3.8) is 0 Å². The Balaban J connectivity index is 1.90. The fourth-order valence-corrected chi connectivity index (χ4v) is 2.66.